The minimum Gasteiger partial charge on any atom is -0.350 e. The maximum atomic E-state index is 14.7. The topological polar surface area (TPSA) is 61.4 Å². The number of piperidine rings is 3. The molecule has 2 atom stereocenters. The Labute approximate surface area is 184 Å². The summed E-state index contributed by atoms with van der Waals surface area (Å²) in [5.74, 6) is -0.0534. The van der Waals surface area contributed by atoms with Gasteiger partial charge in [0.2, 0.25) is 11.8 Å². The zero-order valence-corrected chi connectivity index (χ0v) is 18.7. The molecule has 0 radical (unpaired) electrons. The number of nitrogens with zero attached hydrogens (tertiary/aromatic N) is 1. The van der Waals surface area contributed by atoms with Gasteiger partial charge in [-0.15, -0.1) is 0 Å². The van der Waals surface area contributed by atoms with Crippen LogP contribution in [0.5, 0.6) is 0 Å². The zero-order valence-electron chi connectivity index (χ0n) is 18.7. The molecule has 5 nitrogen and oxygen atoms in total. The van der Waals surface area contributed by atoms with E-state index >= 15 is 0 Å². The third-order valence-corrected chi connectivity index (χ3v) is 8.23. The summed E-state index contributed by atoms with van der Waals surface area (Å²) in [6.07, 6.45) is 6.35. The van der Waals surface area contributed by atoms with Gasteiger partial charge >= 0.3 is 0 Å². The van der Waals surface area contributed by atoms with Gasteiger partial charge in [0.25, 0.3) is 0 Å². The maximum Gasteiger partial charge on any atom is 0.242 e. The number of carbonyl (C=O) groups excluding carboxylic acids is 2. The number of carbonyl (C=O) groups is 2. The van der Waals surface area contributed by atoms with E-state index in [0.717, 1.165) is 50.9 Å². The lowest BCUT2D eigenvalue weighted by molar-refractivity contribution is -0.132. The van der Waals surface area contributed by atoms with Crippen molar-refractivity contribution in [2.45, 2.75) is 76.3 Å². The quantitative estimate of drug-likeness (QED) is 0.703. The van der Waals surface area contributed by atoms with Crippen molar-refractivity contribution in [1.29, 1.82) is 0 Å². The van der Waals surface area contributed by atoms with Gasteiger partial charge in [0.1, 0.15) is 11.9 Å². The first-order valence-corrected chi connectivity index (χ1v) is 11.9. The van der Waals surface area contributed by atoms with Crippen molar-refractivity contribution < 1.29 is 14.0 Å². The largest absolute Gasteiger partial charge is 0.350 e. The Morgan fingerprint density at radius 1 is 1.19 bits per heavy atom. The molecule has 0 spiro atoms. The van der Waals surface area contributed by atoms with Gasteiger partial charge in [-0.05, 0) is 87.9 Å². The number of hydrogen-bond donors (Lipinski definition) is 2. The summed E-state index contributed by atoms with van der Waals surface area (Å²) in [5.41, 5.74) is 0.603. The molecule has 1 aromatic rings. The van der Waals surface area contributed by atoms with Crippen LogP contribution in [0.15, 0.2) is 18.2 Å². The van der Waals surface area contributed by atoms with E-state index in [1.165, 1.54) is 6.07 Å². The Hall–Kier alpha value is -1.95. The molecule has 6 heteroatoms. The number of nitrogens with one attached hydrogen (secondary N) is 2. The summed E-state index contributed by atoms with van der Waals surface area (Å²) >= 11 is 0. The molecule has 5 fully saturated rings. The van der Waals surface area contributed by atoms with Crippen molar-refractivity contribution in [3.05, 3.63) is 35.1 Å². The van der Waals surface area contributed by atoms with E-state index in [4.69, 9.17) is 0 Å². The number of benzene rings is 1. The maximum absolute atomic E-state index is 14.7. The van der Waals surface area contributed by atoms with E-state index in [1.54, 1.807) is 6.07 Å². The molecule has 2 saturated carbocycles. The molecule has 2 unspecified atom stereocenters. The molecule has 2 amide bonds. The van der Waals surface area contributed by atoms with E-state index in [9.17, 15) is 14.0 Å². The van der Waals surface area contributed by atoms with Crippen LogP contribution in [-0.2, 0) is 15.0 Å². The molecule has 1 aromatic carbocycles. The molecular weight excluding hydrogens is 393 g/mol. The molecule has 6 rings (SSSR count). The van der Waals surface area contributed by atoms with Crippen LogP contribution in [0.1, 0.15) is 63.0 Å². The number of hydrogen-bond acceptors (Lipinski definition) is 3. The Morgan fingerprint density at radius 2 is 1.90 bits per heavy atom. The summed E-state index contributed by atoms with van der Waals surface area (Å²) < 4.78 is 14.7. The highest BCUT2D eigenvalue weighted by atomic mass is 19.1. The minimum atomic E-state index is -0.823. The lowest BCUT2D eigenvalue weighted by Crippen LogP contribution is -2.60. The Balaban J connectivity index is 1.30. The van der Waals surface area contributed by atoms with E-state index in [2.05, 4.69) is 22.5 Å². The predicted molar refractivity (Wildman–Crippen MR) is 117 cm³/mol. The van der Waals surface area contributed by atoms with E-state index in [0.29, 0.717) is 30.7 Å². The van der Waals surface area contributed by atoms with Crippen LogP contribution >= 0.6 is 0 Å². The number of aryl methyl sites for hydroxylation is 1. The monoisotopic (exact) mass is 427 g/mol. The lowest BCUT2D eigenvalue weighted by atomic mass is 9.83. The molecule has 5 aliphatic rings. The number of rotatable bonds is 7. The van der Waals surface area contributed by atoms with Crippen molar-refractivity contribution in [3.63, 3.8) is 0 Å². The molecule has 3 saturated heterocycles. The fraction of sp³-hybridized carbons (Fsp3) is 0.680. The average Bonchev–Trinajstić information content (AvgIpc) is 3.66. The summed E-state index contributed by atoms with van der Waals surface area (Å²) in [5, 5.41) is 6.33. The smallest absolute Gasteiger partial charge is 0.242 e. The van der Waals surface area contributed by atoms with Gasteiger partial charge in [0, 0.05) is 18.2 Å². The van der Waals surface area contributed by atoms with Crippen LogP contribution in [0.4, 0.5) is 4.39 Å². The first-order chi connectivity index (χ1) is 14.8. The molecule has 2 N–H and O–H groups in total. The molecule has 3 heterocycles. The van der Waals surface area contributed by atoms with Crippen LogP contribution in [0.3, 0.4) is 0 Å². The first kappa shape index (κ1) is 20.9. The van der Waals surface area contributed by atoms with Crippen LogP contribution in [-0.4, -0.2) is 48.4 Å². The van der Waals surface area contributed by atoms with Gasteiger partial charge in [0.15, 0.2) is 0 Å². The highest BCUT2D eigenvalue weighted by molar-refractivity contribution is 5.95. The Morgan fingerprint density at radius 3 is 2.45 bits per heavy atom. The van der Waals surface area contributed by atoms with Crippen molar-refractivity contribution >= 4 is 11.8 Å². The normalized spacial score (nSPS) is 30.4. The van der Waals surface area contributed by atoms with Gasteiger partial charge in [0.05, 0.1) is 5.41 Å². The molecule has 3 aliphatic heterocycles. The lowest BCUT2D eigenvalue weighted by Gasteiger charge is -2.45. The van der Waals surface area contributed by atoms with Crippen LogP contribution in [0.2, 0.25) is 0 Å². The van der Waals surface area contributed by atoms with Crippen molar-refractivity contribution in [3.8, 4) is 0 Å². The molecule has 2 aliphatic carbocycles. The molecule has 31 heavy (non-hydrogen) atoms. The van der Waals surface area contributed by atoms with Crippen LogP contribution in [0.25, 0.3) is 0 Å². The second kappa shape index (κ2) is 7.58. The first-order valence-electron chi connectivity index (χ1n) is 11.9. The van der Waals surface area contributed by atoms with Gasteiger partial charge in [-0.2, -0.15) is 0 Å². The standard InChI is InChI=1S/C25H34FN3O2/c1-16-3-4-18(19(26)13-16)25(9-10-25)23(31)28-20(14-24(2)7-8-24)22(30)27-21-15-29-11-5-17(21)6-12-29/h3-4,13,17,20-21H,5-12,14-15H2,1-2H3,(H,27,30)(H,28,31). The Bertz CT molecular complexity index is 885. The van der Waals surface area contributed by atoms with Gasteiger partial charge in [-0.25, -0.2) is 4.39 Å². The number of halogens is 1. The second-order valence-corrected chi connectivity index (χ2v) is 10.9. The highest BCUT2D eigenvalue weighted by Crippen LogP contribution is 2.51. The predicted octanol–water partition coefficient (Wildman–Crippen LogP) is 3.05. The summed E-state index contributed by atoms with van der Waals surface area (Å²) in [6.45, 7) is 7.19. The third-order valence-electron chi connectivity index (χ3n) is 8.23. The van der Waals surface area contributed by atoms with Gasteiger partial charge in [-0.3, -0.25) is 9.59 Å². The van der Waals surface area contributed by atoms with Crippen molar-refractivity contribution in [2.24, 2.45) is 11.3 Å². The summed E-state index contributed by atoms with van der Waals surface area (Å²) in [7, 11) is 0. The van der Waals surface area contributed by atoms with Crippen LogP contribution in [0, 0.1) is 24.1 Å². The summed E-state index contributed by atoms with van der Waals surface area (Å²) in [4.78, 5) is 29.1. The van der Waals surface area contributed by atoms with E-state index in [1.807, 2.05) is 13.0 Å². The highest BCUT2D eigenvalue weighted by Gasteiger charge is 2.54. The summed E-state index contributed by atoms with van der Waals surface area (Å²) in [6, 6.07) is 4.70. The minimum absolute atomic E-state index is 0.0691. The fourth-order valence-corrected chi connectivity index (χ4v) is 5.58. The fourth-order valence-electron chi connectivity index (χ4n) is 5.58. The average molecular weight is 428 g/mol. The van der Waals surface area contributed by atoms with Crippen molar-refractivity contribution in [1.82, 2.24) is 15.5 Å². The molecule has 168 valence electrons. The molecule has 0 aromatic heterocycles. The van der Waals surface area contributed by atoms with Gasteiger partial charge < -0.3 is 15.5 Å². The second-order valence-electron chi connectivity index (χ2n) is 10.9. The van der Waals surface area contributed by atoms with E-state index in [-0.39, 0.29) is 29.1 Å². The third kappa shape index (κ3) is 4.11. The number of fused-ring (bicyclic) bond motifs is 3. The van der Waals surface area contributed by atoms with Crippen molar-refractivity contribution in [2.75, 3.05) is 19.6 Å². The van der Waals surface area contributed by atoms with Crippen LogP contribution < -0.4 is 10.6 Å². The number of amides is 2. The Kier molecular flexibility index (Phi) is 5.11. The van der Waals surface area contributed by atoms with E-state index < -0.39 is 11.5 Å². The zero-order chi connectivity index (χ0) is 21.8. The molecular formula is C25H34FN3O2. The SMILES string of the molecule is Cc1ccc(C2(C(=O)NC(CC3(C)CC3)C(=O)NC3CN4CCC3CC4)CC2)c(F)c1. The molecule has 2 bridgehead atoms. The van der Waals surface area contributed by atoms with Gasteiger partial charge in [-0.1, -0.05) is 19.1 Å².